The molecule has 20 heavy (non-hydrogen) atoms. The summed E-state index contributed by atoms with van der Waals surface area (Å²) in [5, 5.41) is 3.51. The second-order valence-corrected chi connectivity index (χ2v) is 5.18. The number of benzene rings is 1. The molecule has 0 amide bonds. The maximum Gasteiger partial charge on any atom is 0.452 e. The number of alkyl halides is 3. The lowest BCUT2D eigenvalue weighted by Gasteiger charge is -2.15. The van der Waals surface area contributed by atoms with Crippen molar-refractivity contribution >= 4 is 12.2 Å². The molecule has 0 bridgehead atoms. The molecule has 0 unspecified atom stereocenters. The molecule has 0 fully saturated rings. The van der Waals surface area contributed by atoms with Crippen LogP contribution in [0.15, 0.2) is 12.1 Å². The molecule has 2 rings (SSSR count). The van der Waals surface area contributed by atoms with Gasteiger partial charge in [0.2, 0.25) is 10.6 Å². The van der Waals surface area contributed by atoms with Crippen LogP contribution in [0.1, 0.15) is 22.5 Å². The maximum atomic E-state index is 13.1. The van der Waals surface area contributed by atoms with Gasteiger partial charge in [-0.15, -0.1) is 5.10 Å². The molecule has 0 aliphatic carbocycles. The molecule has 7 heteroatoms. The van der Waals surface area contributed by atoms with Crippen LogP contribution in [0.2, 0.25) is 0 Å². The summed E-state index contributed by atoms with van der Waals surface area (Å²) in [6.07, 6.45) is -4.56. The van der Waals surface area contributed by atoms with E-state index in [0.717, 1.165) is 25.9 Å². The van der Waals surface area contributed by atoms with Crippen molar-refractivity contribution in [3.8, 4) is 5.69 Å². The first-order valence-electron chi connectivity index (χ1n) is 5.94. The maximum absolute atomic E-state index is 13.1. The highest BCUT2D eigenvalue weighted by molar-refractivity contribution is 7.71. The Morgan fingerprint density at radius 1 is 1.10 bits per heavy atom. The van der Waals surface area contributed by atoms with E-state index in [0.29, 0.717) is 5.69 Å². The molecule has 1 aromatic carbocycles. The van der Waals surface area contributed by atoms with Crippen molar-refractivity contribution in [3.63, 3.8) is 0 Å². The highest BCUT2D eigenvalue weighted by atomic mass is 32.1. The fourth-order valence-corrected chi connectivity index (χ4v) is 2.59. The van der Waals surface area contributed by atoms with E-state index >= 15 is 0 Å². The minimum absolute atomic E-state index is 0.0207. The molecule has 1 heterocycles. The molecule has 0 N–H and O–H groups in total. The third-order valence-electron chi connectivity index (χ3n) is 3.04. The van der Waals surface area contributed by atoms with Crippen molar-refractivity contribution in [1.29, 1.82) is 0 Å². The van der Waals surface area contributed by atoms with Gasteiger partial charge in [0.15, 0.2) is 0 Å². The summed E-state index contributed by atoms with van der Waals surface area (Å²) in [7, 11) is 1.41. The average Bonchev–Trinajstić information content (AvgIpc) is 2.55. The topological polar surface area (TPSA) is 22.8 Å². The Balaban J connectivity index is 2.87. The van der Waals surface area contributed by atoms with E-state index in [2.05, 4.69) is 5.10 Å². The zero-order valence-electron chi connectivity index (χ0n) is 11.5. The number of halogens is 3. The smallest absolute Gasteiger partial charge is 0.264 e. The van der Waals surface area contributed by atoms with Crippen LogP contribution in [0.3, 0.4) is 0 Å². The Morgan fingerprint density at radius 2 is 1.60 bits per heavy atom. The molecule has 0 radical (unpaired) electrons. The minimum atomic E-state index is -4.56. The van der Waals surface area contributed by atoms with E-state index in [4.69, 9.17) is 12.2 Å². The van der Waals surface area contributed by atoms with Gasteiger partial charge in [0, 0.05) is 7.05 Å². The van der Waals surface area contributed by atoms with Gasteiger partial charge in [0.1, 0.15) is 0 Å². The molecule has 108 valence electrons. The van der Waals surface area contributed by atoms with Gasteiger partial charge in [-0.25, -0.2) is 4.68 Å². The lowest BCUT2D eigenvalue weighted by atomic mass is 10.0. The normalized spacial score (nSPS) is 11.9. The summed E-state index contributed by atoms with van der Waals surface area (Å²) < 4.78 is 41.5. The first-order chi connectivity index (χ1) is 9.12. The monoisotopic (exact) mass is 301 g/mol. The van der Waals surface area contributed by atoms with Crippen LogP contribution < -0.4 is 0 Å². The molecular weight excluding hydrogens is 287 g/mol. The van der Waals surface area contributed by atoms with Crippen LogP contribution in [0.5, 0.6) is 0 Å². The van der Waals surface area contributed by atoms with Gasteiger partial charge in [0.25, 0.3) is 0 Å². The van der Waals surface area contributed by atoms with Crippen molar-refractivity contribution in [1.82, 2.24) is 14.3 Å². The van der Waals surface area contributed by atoms with E-state index in [-0.39, 0.29) is 4.77 Å². The predicted octanol–water partition coefficient (Wildman–Crippen LogP) is 3.88. The third-order valence-corrected chi connectivity index (χ3v) is 3.48. The van der Waals surface area contributed by atoms with E-state index in [1.54, 1.807) is 13.8 Å². The second-order valence-electron chi connectivity index (χ2n) is 4.81. The first-order valence-corrected chi connectivity index (χ1v) is 6.35. The summed E-state index contributed by atoms with van der Waals surface area (Å²) in [5.41, 5.74) is 2.91. The quantitative estimate of drug-likeness (QED) is 0.746. The second kappa shape index (κ2) is 4.73. The standard InChI is InChI=1S/C13H14F3N3S/c1-7-5-8(2)10(9(3)6-7)19-11(13(14,15)16)17-18(4)12(19)20/h5-6H,1-4H3. The van der Waals surface area contributed by atoms with Crippen LogP contribution in [0, 0.1) is 25.5 Å². The van der Waals surface area contributed by atoms with Crippen LogP contribution in [-0.4, -0.2) is 14.3 Å². The Kier molecular flexibility index (Phi) is 3.49. The van der Waals surface area contributed by atoms with Crippen molar-refractivity contribution in [3.05, 3.63) is 39.4 Å². The van der Waals surface area contributed by atoms with Gasteiger partial charge >= 0.3 is 6.18 Å². The Labute approximate surface area is 119 Å². The molecule has 0 saturated carbocycles. The first kappa shape index (κ1) is 14.8. The van der Waals surface area contributed by atoms with Crippen LogP contribution >= 0.6 is 12.2 Å². The van der Waals surface area contributed by atoms with Gasteiger partial charge in [-0.3, -0.25) is 4.57 Å². The molecule has 1 aromatic heterocycles. The lowest BCUT2D eigenvalue weighted by molar-refractivity contribution is -0.146. The third kappa shape index (κ3) is 2.37. The van der Waals surface area contributed by atoms with Crippen LogP contribution in [0.4, 0.5) is 13.2 Å². The summed E-state index contributed by atoms with van der Waals surface area (Å²) >= 11 is 5.08. The van der Waals surface area contributed by atoms with Crippen molar-refractivity contribution in [2.45, 2.75) is 26.9 Å². The van der Waals surface area contributed by atoms with Crippen LogP contribution in [-0.2, 0) is 13.2 Å². The largest absolute Gasteiger partial charge is 0.452 e. The van der Waals surface area contributed by atoms with E-state index in [1.807, 2.05) is 19.1 Å². The molecule has 0 saturated heterocycles. The predicted molar refractivity (Wildman–Crippen MR) is 72.6 cm³/mol. The molecule has 3 nitrogen and oxygen atoms in total. The number of nitrogens with zero attached hydrogens (tertiary/aromatic N) is 3. The summed E-state index contributed by atoms with van der Waals surface area (Å²) in [6, 6.07) is 3.66. The van der Waals surface area contributed by atoms with Gasteiger partial charge in [-0.2, -0.15) is 13.2 Å². The zero-order valence-corrected chi connectivity index (χ0v) is 12.4. The van der Waals surface area contributed by atoms with E-state index in [1.165, 1.54) is 7.05 Å². The molecule has 0 atom stereocenters. The fraction of sp³-hybridized carbons (Fsp3) is 0.385. The molecule has 0 aliphatic heterocycles. The SMILES string of the molecule is Cc1cc(C)c(-n2c(C(F)(F)F)nn(C)c2=S)c(C)c1. The Morgan fingerprint density at radius 3 is 2.05 bits per heavy atom. The Bertz CT molecular complexity index is 702. The van der Waals surface area contributed by atoms with Gasteiger partial charge in [0.05, 0.1) is 5.69 Å². The summed E-state index contributed by atoms with van der Waals surface area (Å²) in [4.78, 5) is 0. The lowest BCUT2D eigenvalue weighted by Crippen LogP contribution is -2.15. The minimum Gasteiger partial charge on any atom is -0.264 e. The highest BCUT2D eigenvalue weighted by Crippen LogP contribution is 2.32. The highest BCUT2D eigenvalue weighted by Gasteiger charge is 2.39. The molecule has 2 aromatic rings. The molecular formula is C13H14F3N3S. The summed E-state index contributed by atoms with van der Waals surface area (Å²) in [6.45, 7) is 5.44. The van der Waals surface area contributed by atoms with Crippen molar-refractivity contribution in [2.75, 3.05) is 0 Å². The number of hydrogen-bond donors (Lipinski definition) is 0. The molecule has 0 spiro atoms. The van der Waals surface area contributed by atoms with E-state index in [9.17, 15) is 13.2 Å². The zero-order chi connectivity index (χ0) is 15.2. The number of aromatic nitrogens is 3. The Hall–Kier alpha value is -1.63. The average molecular weight is 301 g/mol. The fourth-order valence-electron chi connectivity index (χ4n) is 2.38. The van der Waals surface area contributed by atoms with E-state index < -0.39 is 12.0 Å². The van der Waals surface area contributed by atoms with Crippen molar-refractivity contribution < 1.29 is 13.2 Å². The van der Waals surface area contributed by atoms with Crippen LogP contribution in [0.25, 0.3) is 5.69 Å². The number of rotatable bonds is 1. The van der Waals surface area contributed by atoms with Crippen molar-refractivity contribution in [2.24, 2.45) is 7.05 Å². The summed E-state index contributed by atoms with van der Waals surface area (Å²) in [5.74, 6) is -1.000. The number of hydrogen-bond acceptors (Lipinski definition) is 2. The van der Waals surface area contributed by atoms with Gasteiger partial charge in [-0.05, 0) is 44.1 Å². The number of aryl methyl sites for hydroxylation is 4. The van der Waals surface area contributed by atoms with Gasteiger partial charge in [-0.1, -0.05) is 17.7 Å². The molecule has 0 aliphatic rings. The van der Waals surface area contributed by atoms with Gasteiger partial charge < -0.3 is 0 Å².